The minimum atomic E-state index is -0.168. The molecule has 0 saturated carbocycles. The van der Waals surface area contributed by atoms with Crippen LogP contribution in [0, 0.1) is 5.41 Å². The van der Waals surface area contributed by atoms with Gasteiger partial charge in [-0.05, 0) is 62.2 Å². The third kappa shape index (κ3) is 4.79. The number of nitrogens with one attached hydrogen (secondary N) is 4. The van der Waals surface area contributed by atoms with E-state index in [4.69, 9.17) is 16.6 Å². The quantitative estimate of drug-likeness (QED) is 0.558. The largest absolute Gasteiger partial charge is 0.342 e. The smallest absolute Gasteiger partial charge is 0.221 e. The number of hydrogen-bond donors (Lipinski definition) is 4. The van der Waals surface area contributed by atoms with E-state index in [2.05, 4.69) is 21.3 Å². The Hall–Kier alpha value is -2.90. The number of hydrogen-bond acceptors (Lipinski definition) is 4. The van der Waals surface area contributed by atoms with Gasteiger partial charge in [-0.15, -0.1) is 0 Å². The van der Waals surface area contributed by atoms with Crippen LogP contribution in [0.15, 0.2) is 41.4 Å². The molecule has 4 rings (SSSR count). The third-order valence-electron chi connectivity index (χ3n) is 6.06. The summed E-state index contributed by atoms with van der Waals surface area (Å²) >= 11 is 6.16. The molecule has 1 fully saturated rings. The first-order chi connectivity index (χ1) is 15.4. The molecule has 1 saturated heterocycles. The van der Waals surface area contributed by atoms with E-state index >= 15 is 0 Å². The molecule has 2 aromatic carbocycles. The molecule has 168 valence electrons. The number of fused-ring (bicyclic) bond motifs is 1. The lowest BCUT2D eigenvalue weighted by atomic mass is 9.70. The summed E-state index contributed by atoms with van der Waals surface area (Å²) in [4.78, 5) is 28.7. The zero-order valence-electron chi connectivity index (χ0n) is 18.3. The highest BCUT2D eigenvalue weighted by Gasteiger charge is 2.42. The zero-order valence-corrected chi connectivity index (χ0v) is 19.1. The second-order valence-electron chi connectivity index (χ2n) is 8.50. The molecule has 2 heterocycles. The molecule has 32 heavy (non-hydrogen) atoms. The van der Waals surface area contributed by atoms with E-state index in [0.29, 0.717) is 17.3 Å². The fraction of sp³-hybridized carbons (Fsp3) is 0.375. The van der Waals surface area contributed by atoms with Crippen molar-refractivity contribution in [2.24, 2.45) is 10.4 Å². The highest BCUT2D eigenvalue weighted by molar-refractivity contribution is 6.30. The van der Waals surface area contributed by atoms with Gasteiger partial charge in [-0.3, -0.25) is 14.6 Å². The predicted molar refractivity (Wildman–Crippen MR) is 130 cm³/mol. The summed E-state index contributed by atoms with van der Waals surface area (Å²) in [6, 6.07) is 11.4. The Bertz CT molecular complexity index is 1080. The van der Waals surface area contributed by atoms with E-state index in [1.54, 1.807) is 0 Å². The van der Waals surface area contributed by atoms with Crippen molar-refractivity contribution in [2.75, 3.05) is 29.0 Å². The van der Waals surface area contributed by atoms with Crippen molar-refractivity contribution in [3.8, 4) is 0 Å². The van der Waals surface area contributed by atoms with E-state index in [-0.39, 0.29) is 17.2 Å². The van der Waals surface area contributed by atoms with Crippen molar-refractivity contribution in [1.82, 2.24) is 5.32 Å². The van der Waals surface area contributed by atoms with Gasteiger partial charge in [-0.25, -0.2) is 0 Å². The van der Waals surface area contributed by atoms with Crippen LogP contribution in [0.3, 0.4) is 0 Å². The zero-order chi connectivity index (χ0) is 22.7. The van der Waals surface area contributed by atoms with Crippen LogP contribution in [-0.2, 0) is 22.6 Å². The first-order valence-corrected chi connectivity index (χ1v) is 11.2. The molecule has 0 bridgehead atoms. The lowest BCUT2D eigenvalue weighted by molar-refractivity contribution is -0.115. The molecule has 1 spiro atoms. The van der Waals surface area contributed by atoms with Crippen LogP contribution in [0.2, 0.25) is 5.02 Å². The number of nitrogens with zero attached hydrogens (tertiary/aromatic N) is 1. The van der Waals surface area contributed by atoms with Gasteiger partial charge in [0.05, 0.1) is 17.9 Å². The fourth-order valence-corrected chi connectivity index (χ4v) is 4.79. The third-order valence-corrected chi connectivity index (χ3v) is 6.30. The van der Waals surface area contributed by atoms with Gasteiger partial charge in [0, 0.05) is 35.5 Å². The van der Waals surface area contributed by atoms with Gasteiger partial charge in [-0.2, -0.15) is 0 Å². The number of benzene rings is 2. The Morgan fingerprint density at radius 2 is 1.75 bits per heavy atom. The second kappa shape index (κ2) is 9.30. The molecule has 0 radical (unpaired) electrons. The van der Waals surface area contributed by atoms with E-state index in [1.807, 2.05) is 36.4 Å². The van der Waals surface area contributed by atoms with Crippen LogP contribution >= 0.6 is 11.6 Å². The van der Waals surface area contributed by atoms with Crippen LogP contribution in [-0.4, -0.2) is 30.7 Å². The molecule has 0 aromatic heterocycles. The van der Waals surface area contributed by atoms with Crippen LogP contribution < -0.4 is 21.3 Å². The molecule has 4 N–H and O–H groups in total. The van der Waals surface area contributed by atoms with Gasteiger partial charge in [0.15, 0.2) is 0 Å². The van der Waals surface area contributed by atoms with E-state index < -0.39 is 0 Å². The van der Waals surface area contributed by atoms with Crippen molar-refractivity contribution in [1.29, 1.82) is 0 Å². The molecule has 0 atom stereocenters. The average molecular weight is 454 g/mol. The van der Waals surface area contributed by atoms with E-state index in [9.17, 15) is 9.59 Å². The van der Waals surface area contributed by atoms with Gasteiger partial charge in [0.1, 0.15) is 5.84 Å². The van der Waals surface area contributed by atoms with Crippen LogP contribution in [0.4, 0.5) is 17.1 Å². The highest BCUT2D eigenvalue weighted by Crippen LogP contribution is 2.46. The fourth-order valence-electron chi connectivity index (χ4n) is 4.58. The summed E-state index contributed by atoms with van der Waals surface area (Å²) in [5, 5.41) is 13.5. The lowest BCUT2D eigenvalue weighted by Gasteiger charge is -2.43. The number of halogens is 1. The van der Waals surface area contributed by atoms with Crippen LogP contribution in [0.5, 0.6) is 0 Å². The average Bonchev–Trinajstić information content (AvgIpc) is 2.74. The highest BCUT2D eigenvalue weighted by atomic mass is 35.5. The van der Waals surface area contributed by atoms with Crippen molar-refractivity contribution in [3.05, 3.63) is 52.5 Å². The molecule has 7 nitrogen and oxygen atoms in total. The summed E-state index contributed by atoms with van der Waals surface area (Å²) in [5.74, 6) is 0.637. The number of carbonyl (C=O) groups is 2. The van der Waals surface area contributed by atoms with Gasteiger partial charge >= 0.3 is 0 Å². The van der Waals surface area contributed by atoms with Crippen molar-refractivity contribution in [3.63, 3.8) is 0 Å². The van der Waals surface area contributed by atoms with Crippen molar-refractivity contribution < 1.29 is 9.59 Å². The standard InChI is InChI=1S/C24H28ClN5O2/c1-15(31)28-20-6-7-21(29-16(2)32)22-19(20)13-24(8-10-26-11-9-24)23(30-22)27-14-17-4-3-5-18(25)12-17/h3-7,12,26H,8-11,13-14H2,1-2H3,(H,27,30)(H,28,31)(H,29,32). The first kappa shape index (κ1) is 22.3. The minimum absolute atomic E-state index is 0.126. The Labute approximate surface area is 193 Å². The number of rotatable bonds is 4. The predicted octanol–water partition coefficient (Wildman–Crippen LogP) is 4.19. The number of aliphatic imine (C=N–C) groups is 1. The summed E-state index contributed by atoms with van der Waals surface area (Å²) in [5.41, 5.74) is 4.10. The molecule has 0 unspecified atom stereocenters. The molecular formula is C24H28ClN5O2. The number of anilines is 3. The van der Waals surface area contributed by atoms with Crippen molar-refractivity contribution >= 4 is 46.3 Å². The topological polar surface area (TPSA) is 94.6 Å². The maximum atomic E-state index is 11.8. The molecule has 2 aliphatic rings. The monoisotopic (exact) mass is 453 g/mol. The molecule has 2 aromatic rings. The van der Waals surface area contributed by atoms with Crippen LogP contribution in [0.1, 0.15) is 37.8 Å². The maximum absolute atomic E-state index is 11.8. The summed E-state index contributed by atoms with van der Waals surface area (Å²) in [6.07, 6.45) is 2.59. The molecular weight excluding hydrogens is 426 g/mol. The second-order valence-corrected chi connectivity index (χ2v) is 8.94. The molecule has 0 aliphatic carbocycles. The van der Waals surface area contributed by atoms with Gasteiger partial charge < -0.3 is 21.3 Å². The Balaban J connectivity index is 1.78. The Kier molecular flexibility index (Phi) is 6.48. The van der Waals surface area contributed by atoms with Crippen LogP contribution in [0.25, 0.3) is 0 Å². The normalized spacial score (nSPS) is 18.0. The maximum Gasteiger partial charge on any atom is 0.221 e. The Morgan fingerprint density at radius 3 is 2.44 bits per heavy atom. The van der Waals surface area contributed by atoms with Gasteiger partial charge in [0.2, 0.25) is 11.8 Å². The lowest BCUT2D eigenvalue weighted by Crippen LogP contribution is -2.49. The van der Waals surface area contributed by atoms with E-state index in [1.165, 1.54) is 13.8 Å². The number of piperidine rings is 1. The number of amides is 2. The van der Waals surface area contributed by atoms with E-state index in [0.717, 1.165) is 60.7 Å². The summed E-state index contributed by atoms with van der Waals surface area (Å²) in [6.45, 7) is 5.29. The minimum Gasteiger partial charge on any atom is -0.342 e. The Morgan fingerprint density at radius 1 is 1.06 bits per heavy atom. The molecule has 8 heteroatoms. The van der Waals surface area contributed by atoms with Gasteiger partial charge in [-0.1, -0.05) is 23.7 Å². The first-order valence-electron chi connectivity index (χ1n) is 10.8. The SMILES string of the molecule is CC(=O)Nc1ccc(NC(C)=O)c2c1CC1(CCNCC1)C(=NCc1cccc(Cl)c1)N2. The number of carbonyl (C=O) groups excluding carboxylic acids is 2. The molecule has 2 amide bonds. The summed E-state index contributed by atoms with van der Waals surface area (Å²) in [7, 11) is 0. The number of amidine groups is 1. The van der Waals surface area contributed by atoms with Gasteiger partial charge in [0.25, 0.3) is 0 Å². The van der Waals surface area contributed by atoms with Crippen molar-refractivity contribution in [2.45, 2.75) is 39.7 Å². The molecule has 2 aliphatic heterocycles. The summed E-state index contributed by atoms with van der Waals surface area (Å²) < 4.78 is 0.